The van der Waals surface area contributed by atoms with E-state index in [9.17, 15) is 28.8 Å². The number of nitrogens with zero attached hydrogens (tertiary/aromatic N) is 7. The normalized spacial score (nSPS) is 20.5. The van der Waals surface area contributed by atoms with E-state index >= 15 is 4.39 Å². The molecule has 378 valence electrons. The molecule has 0 bridgehead atoms. The number of amides is 5. The van der Waals surface area contributed by atoms with E-state index in [-0.39, 0.29) is 52.5 Å². The predicted molar refractivity (Wildman–Crippen MR) is 270 cm³/mol. The summed E-state index contributed by atoms with van der Waals surface area (Å²) in [6.45, 7) is 8.52. The summed E-state index contributed by atoms with van der Waals surface area (Å²) >= 11 is 5.86. The number of hydrogen-bond donors (Lipinski definition) is 2. The van der Waals surface area contributed by atoms with E-state index in [1.807, 2.05) is 46.2 Å². The minimum absolute atomic E-state index is 0.0251. The highest BCUT2D eigenvalue weighted by atomic mass is 35.5. The number of halogens is 2. The van der Waals surface area contributed by atoms with Gasteiger partial charge in [-0.2, -0.15) is 5.10 Å². The Labute approximate surface area is 420 Å². The van der Waals surface area contributed by atoms with Crippen LogP contribution in [0.25, 0.3) is 10.8 Å². The van der Waals surface area contributed by atoms with Gasteiger partial charge in [-0.1, -0.05) is 55.7 Å². The Morgan fingerprint density at radius 1 is 0.704 bits per heavy atom. The lowest BCUT2D eigenvalue weighted by molar-refractivity contribution is -0.137. The Morgan fingerprint density at radius 3 is 2.17 bits per heavy atom. The van der Waals surface area contributed by atoms with Gasteiger partial charge in [0.05, 0.1) is 23.2 Å². The van der Waals surface area contributed by atoms with E-state index in [0.717, 1.165) is 96.1 Å². The molecule has 9 rings (SSSR count). The summed E-state index contributed by atoms with van der Waals surface area (Å²) in [4.78, 5) is 91.8. The highest BCUT2D eigenvalue weighted by Crippen LogP contribution is 2.31. The molecule has 0 radical (unpaired) electrons. The molecule has 1 aliphatic carbocycles. The largest absolute Gasteiger partial charge is 0.341 e. The zero-order chi connectivity index (χ0) is 49.4. The van der Waals surface area contributed by atoms with Crippen molar-refractivity contribution in [1.82, 2.24) is 44.9 Å². The van der Waals surface area contributed by atoms with Crippen LogP contribution in [0.2, 0.25) is 0 Å². The average Bonchev–Trinajstić information content (AvgIpc) is 3.42. The topological polar surface area (TPSA) is 163 Å². The lowest BCUT2D eigenvalue weighted by Crippen LogP contribution is -2.55. The van der Waals surface area contributed by atoms with Gasteiger partial charge in [0.15, 0.2) is 0 Å². The summed E-state index contributed by atoms with van der Waals surface area (Å²) in [5, 5.41) is 11.2. The zero-order valence-corrected chi connectivity index (χ0v) is 41.4. The molecule has 71 heavy (non-hydrogen) atoms. The van der Waals surface area contributed by atoms with Crippen molar-refractivity contribution in [3.8, 4) is 0 Å². The number of rotatable bonds is 13. The summed E-state index contributed by atoms with van der Waals surface area (Å²) in [5.41, 5.74) is 2.57. The van der Waals surface area contributed by atoms with Crippen LogP contribution < -0.4 is 10.9 Å². The fourth-order valence-corrected chi connectivity index (χ4v) is 11.7. The standard InChI is InChI=1S/C54H67ClFN9O6/c55-33-48(66)65-19-7-12-42(35-65)40-10-6-11-41(32-40)51(68)57-50(39-8-2-1-3-9-39)54(71)63-20-17-37(18-21-63)34-60-22-24-61(25-23-60)36-49(67)62-26-28-64(29-27-62)53(70)45-30-38(15-16-46(45)56)31-47-43-13-4-5-14-44(43)52(69)59-58-47/h4-6,10-11,13-16,30,32,37,39,42,50H,1-3,7-9,12,17-29,31,33-36H2,(H,57,68)(H,59,69)/t42-,50+/m0/s1. The molecule has 4 aromatic rings. The van der Waals surface area contributed by atoms with Crippen LogP contribution >= 0.6 is 11.6 Å². The molecule has 17 heteroatoms. The summed E-state index contributed by atoms with van der Waals surface area (Å²) < 4.78 is 15.1. The molecule has 15 nitrogen and oxygen atoms in total. The molecule has 2 atom stereocenters. The Bertz CT molecular complexity index is 2620. The Balaban J connectivity index is 0.707. The molecule has 2 N–H and O–H groups in total. The molecular formula is C54H67ClFN9O6. The van der Waals surface area contributed by atoms with Crippen LogP contribution in [-0.2, 0) is 20.8 Å². The number of piperidine rings is 2. The van der Waals surface area contributed by atoms with Crippen LogP contribution in [0.1, 0.15) is 101 Å². The molecule has 1 aromatic heterocycles. The number of nitrogens with one attached hydrogen (secondary N) is 2. The van der Waals surface area contributed by atoms with Crippen LogP contribution in [0.4, 0.5) is 4.39 Å². The number of fused-ring (bicyclic) bond motifs is 1. The highest BCUT2D eigenvalue weighted by Gasteiger charge is 2.37. The van der Waals surface area contributed by atoms with Crippen LogP contribution in [0.5, 0.6) is 0 Å². The minimum atomic E-state index is -0.608. The van der Waals surface area contributed by atoms with Gasteiger partial charge in [-0.05, 0) is 91.8 Å². The number of aromatic nitrogens is 2. The molecular weight excluding hydrogens is 925 g/mol. The van der Waals surface area contributed by atoms with Gasteiger partial charge in [0.1, 0.15) is 17.7 Å². The van der Waals surface area contributed by atoms with E-state index in [1.54, 1.807) is 34.1 Å². The van der Waals surface area contributed by atoms with E-state index in [1.165, 1.54) is 6.07 Å². The number of carbonyl (C=O) groups excluding carboxylic acids is 5. The van der Waals surface area contributed by atoms with Crippen LogP contribution in [0.15, 0.2) is 71.5 Å². The molecule has 5 fully saturated rings. The highest BCUT2D eigenvalue weighted by molar-refractivity contribution is 6.27. The van der Waals surface area contributed by atoms with Crippen molar-refractivity contribution in [2.45, 2.75) is 76.2 Å². The lowest BCUT2D eigenvalue weighted by Gasteiger charge is -2.41. The van der Waals surface area contributed by atoms with Crippen molar-refractivity contribution in [1.29, 1.82) is 0 Å². The van der Waals surface area contributed by atoms with Gasteiger partial charge in [0.2, 0.25) is 17.7 Å². The fourth-order valence-electron chi connectivity index (χ4n) is 11.6. The quantitative estimate of drug-likeness (QED) is 0.173. The van der Waals surface area contributed by atoms with Crippen molar-refractivity contribution in [2.24, 2.45) is 11.8 Å². The molecule has 0 unspecified atom stereocenters. The summed E-state index contributed by atoms with van der Waals surface area (Å²) in [5.74, 6) is -0.605. The Hall–Kier alpha value is -5.71. The van der Waals surface area contributed by atoms with Gasteiger partial charge >= 0.3 is 0 Å². The van der Waals surface area contributed by atoms with Crippen LogP contribution in [0, 0.1) is 17.7 Å². The van der Waals surface area contributed by atoms with Crippen molar-refractivity contribution in [2.75, 3.05) is 97.5 Å². The number of alkyl halides is 1. The van der Waals surface area contributed by atoms with Crippen molar-refractivity contribution < 1.29 is 28.4 Å². The van der Waals surface area contributed by atoms with Crippen LogP contribution in [0.3, 0.4) is 0 Å². The number of carbonyl (C=O) groups is 5. The Morgan fingerprint density at radius 2 is 1.42 bits per heavy atom. The Kier molecular flexibility index (Phi) is 16.4. The SMILES string of the molecule is O=C(N[C@@H](C(=O)N1CCC(CN2CCN(CC(=O)N3CCN(C(=O)c4cc(Cc5n[nH]c(=O)c6ccccc56)ccc4F)CC3)CC2)CC1)C1CCCCC1)c1cccc([C@H]2CCCN(C(=O)CCl)C2)c1. The minimum Gasteiger partial charge on any atom is -0.341 e. The van der Waals surface area contributed by atoms with E-state index < -0.39 is 17.8 Å². The predicted octanol–water partition coefficient (Wildman–Crippen LogP) is 5.12. The molecule has 5 heterocycles. The van der Waals surface area contributed by atoms with Gasteiger partial charge < -0.3 is 29.8 Å². The van der Waals surface area contributed by atoms with Crippen molar-refractivity contribution in [3.05, 3.63) is 111 Å². The van der Waals surface area contributed by atoms with E-state index in [4.69, 9.17) is 11.6 Å². The number of aromatic amines is 1. The second-order valence-corrected chi connectivity index (χ2v) is 20.6. The first-order chi connectivity index (χ1) is 34.5. The molecule has 4 aliphatic heterocycles. The maximum Gasteiger partial charge on any atom is 0.272 e. The smallest absolute Gasteiger partial charge is 0.272 e. The molecule has 4 saturated heterocycles. The monoisotopic (exact) mass is 991 g/mol. The zero-order valence-electron chi connectivity index (χ0n) is 40.7. The third-order valence-electron chi connectivity index (χ3n) is 15.8. The third kappa shape index (κ3) is 12.1. The molecule has 0 spiro atoms. The first-order valence-electron chi connectivity index (χ1n) is 25.8. The van der Waals surface area contributed by atoms with Crippen molar-refractivity contribution in [3.63, 3.8) is 0 Å². The molecule has 5 amide bonds. The number of piperazine rings is 2. The van der Waals surface area contributed by atoms with Gasteiger partial charge in [-0.25, -0.2) is 9.49 Å². The number of likely N-dealkylation sites (tertiary alicyclic amines) is 2. The van der Waals surface area contributed by atoms with Gasteiger partial charge in [-0.15, -0.1) is 11.6 Å². The first kappa shape index (κ1) is 50.2. The summed E-state index contributed by atoms with van der Waals surface area (Å²) in [6, 6.07) is 18.7. The van der Waals surface area contributed by atoms with Gasteiger partial charge in [0, 0.05) is 108 Å². The molecule has 1 saturated carbocycles. The van der Waals surface area contributed by atoms with Gasteiger partial charge in [0.25, 0.3) is 17.4 Å². The molecule has 5 aliphatic rings. The second kappa shape index (κ2) is 23.2. The maximum absolute atomic E-state index is 15.1. The average molecular weight is 993 g/mol. The third-order valence-corrected chi connectivity index (χ3v) is 16.0. The summed E-state index contributed by atoms with van der Waals surface area (Å²) in [6.07, 6.45) is 9.05. The van der Waals surface area contributed by atoms with E-state index in [0.29, 0.717) is 98.8 Å². The van der Waals surface area contributed by atoms with E-state index in [2.05, 4.69) is 25.3 Å². The van der Waals surface area contributed by atoms with Gasteiger partial charge in [-0.3, -0.25) is 33.7 Å². The number of H-pyrrole nitrogens is 1. The lowest BCUT2D eigenvalue weighted by atomic mass is 9.82. The number of benzene rings is 3. The van der Waals surface area contributed by atoms with Crippen molar-refractivity contribution >= 4 is 51.9 Å². The number of hydrogen-bond acceptors (Lipinski definition) is 9. The van der Waals surface area contributed by atoms with Crippen LogP contribution in [-0.4, -0.2) is 173 Å². The first-order valence-corrected chi connectivity index (χ1v) is 26.3. The molecule has 3 aromatic carbocycles. The summed E-state index contributed by atoms with van der Waals surface area (Å²) in [7, 11) is 0. The fraction of sp³-hybridized carbons (Fsp3) is 0.537. The maximum atomic E-state index is 15.1. The second-order valence-electron chi connectivity index (χ2n) is 20.3.